The van der Waals surface area contributed by atoms with Crippen LogP contribution >= 0.6 is 0 Å². The Morgan fingerprint density at radius 3 is 2.53 bits per heavy atom. The predicted molar refractivity (Wildman–Crippen MR) is 66.4 cm³/mol. The van der Waals surface area contributed by atoms with Gasteiger partial charge in [-0.1, -0.05) is 30.3 Å². The molecule has 0 aromatic heterocycles. The molecule has 1 saturated heterocycles. The molecule has 0 bridgehead atoms. The molecular formula is C15H14O2. The number of rotatable bonds is 4. The fourth-order valence-electron chi connectivity index (χ4n) is 1.81. The van der Waals surface area contributed by atoms with Gasteiger partial charge in [0.25, 0.3) is 0 Å². The number of ether oxygens (including phenoxy) is 2. The number of benzene rings is 2. The summed E-state index contributed by atoms with van der Waals surface area (Å²) in [6.45, 7) is 0.893. The summed E-state index contributed by atoms with van der Waals surface area (Å²) in [5.41, 5.74) is 1.26. The standard InChI is InChI=1S/C15H14O2/c1-2-6-13(7-3-1)17-14-8-4-5-12(9-14)10-15-11-16-15/h1-9,15H,10-11H2. The molecule has 0 aliphatic carbocycles. The molecular weight excluding hydrogens is 212 g/mol. The van der Waals surface area contributed by atoms with E-state index in [0.717, 1.165) is 24.5 Å². The van der Waals surface area contributed by atoms with Gasteiger partial charge in [0.05, 0.1) is 12.7 Å². The Hall–Kier alpha value is -1.80. The highest BCUT2D eigenvalue weighted by Gasteiger charge is 2.22. The van der Waals surface area contributed by atoms with Gasteiger partial charge in [-0.2, -0.15) is 0 Å². The molecule has 1 aliphatic rings. The van der Waals surface area contributed by atoms with Crippen molar-refractivity contribution in [2.24, 2.45) is 0 Å². The van der Waals surface area contributed by atoms with Crippen LogP contribution in [0, 0.1) is 0 Å². The van der Waals surface area contributed by atoms with E-state index < -0.39 is 0 Å². The van der Waals surface area contributed by atoms with Gasteiger partial charge < -0.3 is 9.47 Å². The third-order valence-electron chi connectivity index (χ3n) is 2.74. The molecule has 1 aliphatic heterocycles. The van der Waals surface area contributed by atoms with Crippen LogP contribution in [0.1, 0.15) is 5.56 Å². The quantitative estimate of drug-likeness (QED) is 0.745. The molecule has 2 heteroatoms. The van der Waals surface area contributed by atoms with E-state index in [2.05, 4.69) is 12.1 Å². The average Bonchev–Trinajstić information content (AvgIpc) is 3.15. The van der Waals surface area contributed by atoms with E-state index in [1.54, 1.807) is 0 Å². The predicted octanol–water partition coefficient (Wildman–Crippen LogP) is 3.42. The highest BCUT2D eigenvalue weighted by Crippen LogP contribution is 2.24. The third-order valence-corrected chi connectivity index (χ3v) is 2.74. The van der Waals surface area contributed by atoms with E-state index in [1.165, 1.54) is 5.56 Å². The molecule has 2 nitrogen and oxygen atoms in total. The minimum Gasteiger partial charge on any atom is -0.457 e. The second-order valence-electron chi connectivity index (χ2n) is 4.22. The molecule has 1 fully saturated rings. The van der Waals surface area contributed by atoms with Crippen LogP contribution in [-0.2, 0) is 11.2 Å². The maximum Gasteiger partial charge on any atom is 0.127 e. The first kappa shape index (κ1) is 10.4. The molecule has 0 N–H and O–H groups in total. The van der Waals surface area contributed by atoms with Crippen molar-refractivity contribution in [2.45, 2.75) is 12.5 Å². The van der Waals surface area contributed by atoms with E-state index in [-0.39, 0.29) is 0 Å². The zero-order chi connectivity index (χ0) is 11.5. The van der Waals surface area contributed by atoms with Crippen molar-refractivity contribution in [1.82, 2.24) is 0 Å². The SMILES string of the molecule is c1ccc(Oc2cccc(CC3CO3)c2)cc1. The van der Waals surface area contributed by atoms with Gasteiger partial charge in [-0.05, 0) is 29.8 Å². The smallest absolute Gasteiger partial charge is 0.127 e. The Morgan fingerprint density at radius 2 is 1.76 bits per heavy atom. The van der Waals surface area contributed by atoms with Gasteiger partial charge in [0.15, 0.2) is 0 Å². The molecule has 17 heavy (non-hydrogen) atoms. The summed E-state index contributed by atoms with van der Waals surface area (Å²) < 4.78 is 11.0. The molecule has 0 saturated carbocycles. The molecule has 0 amide bonds. The molecule has 1 unspecified atom stereocenters. The summed E-state index contributed by atoms with van der Waals surface area (Å²) in [5, 5.41) is 0. The van der Waals surface area contributed by atoms with Crippen molar-refractivity contribution >= 4 is 0 Å². The normalized spacial score (nSPS) is 17.8. The minimum atomic E-state index is 0.418. The lowest BCUT2D eigenvalue weighted by Crippen LogP contribution is -1.93. The van der Waals surface area contributed by atoms with Gasteiger partial charge in [0.1, 0.15) is 11.5 Å². The second kappa shape index (κ2) is 4.60. The first-order valence-corrected chi connectivity index (χ1v) is 5.83. The van der Waals surface area contributed by atoms with Crippen molar-refractivity contribution in [1.29, 1.82) is 0 Å². The summed E-state index contributed by atoms with van der Waals surface area (Å²) in [7, 11) is 0. The Bertz CT molecular complexity index is 489. The van der Waals surface area contributed by atoms with Gasteiger partial charge >= 0.3 is 0 Å². The maximum atomic E-state index is 5.78. The van der Waals surface area contributed by atoms with Gasteiger partial charge in [-0.3, -0.25) is 0 Å². The lowest BCUT2D eigenvalue weighted by Gasteiger charge is -2.06. The van der Waals surface area contributed by atoms with Crippen LogP contribution in [0.2, 0.25) is 0 Å². The molecule has 1 heterocycles. The minimum absolute atomic E-state index is 0.418. The van der Waals surface area contributed by atoms with Crippen molar-refractivity contribution in [3.63, 3.8) is 0 Å². The fourth-order valence-corrected chi connectivity index (χ4v) is 1.81. The van der Waals surface area contributed by atoms with Gasteiger partial charge in [0, 0.05) is 6.42 Å². The summed E-state index contributed by atoms with van der Waals surface area (Å²) in [4.78, 5) is 0. The zero-order valence-electron chi connectivity index (χ0n) is 9.50. The van der Waals surface area contributed by atoms with Gasteiger partial charge in [-0.25, -0.2) is 0 Å². The molecule has 1 atom stereocenters. The van der Waals surface area contributed by atoms with Crippen LogP contribution in [0.25, 0.3) is 0 Å². The Labute approximate surface area is 101 Å². The van der Waals surface area contributed by atoms with Gasteiger partial charge in [0.2, 0.25) is 0 Å². The Balaban J connectivity index is 1.73. The van der Waals surface area contributed by atoms with Crippen molar-refractivity contribution in [2.75, 3.05) is 6.61 Å². The summed E-state index contributed by atoms with van der Waals surface area (Å²) in [6.07, 6.45) is 1.40. The summed E-state index contributed by atoms with van der Waals surface area (Å²) >= 11 is 0. The van der Waals surface area contributed by atoms with Gasteiger partial charge in [-0.15, -0.1) is 0 Å². The largest absolute Gasteiger partial charge is 0.457 e. The maximum absolute atomic E-state index is 5.78. The summed E-state index contributed by atoms with van der Waals surface area (Å²) in [5.74, 6) is 1.75. The molecule has 2 aromatic carbocycles. The summed E-state index contributed by atoms with van der Waals surface area (Å²) in [6, 6.07) is 18.0. The molecule has 2 aromatic rings. The van der Waals surface area contributed by atoms with E-state index in [9.17, 15) is 0 Å². The zero-order valence-corrected chi connectivity index (χ0v) is 9.50. The first-order valence-electron chi connectivity index (χ1n) is 5.83. The van der Waals surface area contributed by atoms with E-state index in [1.807, 2.05) is 42.5 Å². The Kier molecular flexibility index (Phi) is 2.80. The molecule has 86 valence electrons. The third kappa shape index (κ3) is 2.86. The molecule has 0 spiro atoms. The fraction of sp³-hybridized carbons (Fsp3) is 0.200. The number of hydrogen-bond donors (Lipinski definition) is 0. The highest BCUT2D eigenvalue weighted by molar-refractivity contribution is 5.34. The van der Waals surface area contributed by atoms with Crippen LogP contribution < -0.4 is 4.74 Å². The van der Waals surface area contributed by atoms with E-state index >= 15 is 0 Å². The first-order chi connectivity index (χ1) is 8.40. The van der Waals surface area contributed by atoms with Crippen LogP contribution in [-0.4, -0.2) is 12.7 Å². The van der Waals surface area contributed by atoms with Crippen molar-refractivity contribution in [3.8, 4) is 11.5 Å². The lowest BCUT2D eigenvalue weighted by molar-refractivity contribution is 0.407. The topological polar surface area (TPSA) is 21.8 Å². The Morgan fingerprint density at radius 1 is 1.00 bits per heavy atom. The number of para-hydroxylation sites is 1. The highest BCUT2D eigenvalue weighted by atomic mass is 16.6. The van der Waals surface area contributed by atoms with E-state index in [4.69, 9.17) is 9.47 Å². The van der Waals surface area contributed by atoms with Crippen LogP contribution in [0.15, 0.2) is 54.6 Å². The van der Waals surface area contributed by atoms with Crippen LogP contribution in [0.3, 0.4) is 0 Å². The lowest BCUT2D eigenvalue weighted by atomic mass is 10.1. The van der Waals surface area contributed by atoms with E-state index in [0.29, 0.717) is 6.10 Å². The second-order valence-corrected chi connectivity index (χ2v) is 4.22. The molecule has 3 rings (SSSR count). The van der Waals surface area contributed by atoms with Crippen molar-refractivity contribution < 1.29 is 9.47 Å². The van der Waals surface area contributed by atoms with Crippen LogP contribution in [0.5, 0.6) is 11.5 Å². The average molecular weight is 226 g/mol. The van der Waals surface area contributed by atoms with Crippen molar-refractivity contribution in [3.05, 3.63) is 60.2 Å². The number of hydrogen-bond acceptors (Lipinski definition) is 2. The monoisotopic (exact) mass is 226 g/mol. The van der Waals surface area contributed by atoms with Crippen LogP contribution in [0.4, 0.5) is 0 Å². The molecule has 0 radical (unpaired) electrons. The number of epoxide rings is 1.